The Morgan fingerprint density at radius 1 is 1.29 bits per heavy atom. The van der Waals surface area contributed by atoms with Crippen LogP contribution in [0.4, 0.5) is 0 Å². The Kier molecular flexibility index (Phi) is 4.34. The topological polar surface area (TPSA) is 74.8 Å². The van der Waals surface area contributed by atoms with Crippen LogP contribution in [0, 0.1) is 17.2 Å². The molecule has 1 aliphatic heterocycles. The molecule has 0 fully saturated rings. The Hall–Kier alpha value is -2.68. The molecule has 3 rings (SSSR count). The van der Waals surface area contributed by atoms with Gasteiger partial charge in [0.1, 0.15) is 6.04 Å². The third-order valence-corrected chi connectivity index (χ3v) is 4.36. The maximum Gasteiger partial charge on any atom is 0.246 e. The number of aromatic nitrogens is 3. The molecule has 0 saturated carbocycles. The third kappa shape index (κ3) is 2.78. The smallest absolute Gasteiger partial charge is 0.246 e. The highest BCUT2D eigenvalue weighted by Gasteiger charge is 2.35. The van der Waals surface area contributed by atoms with Gasteiger partial charge in [-0.05, 0) is 43.5 Å². The molecule has 2 heterocycles. The van der Waals surface area contributed by atoms with Crippen LogP contribution in [0.2, 0.25) is 0 Å². The SMILES string of the molecule is CCN1Cc2nnc(-c3ccc(C#N)cc3)n2[C@@H](CC(C)C)C1=O. The second-order valence-electron chi connectivity index (χ2n) is 6.50. The van der Waals surface area contributed by atoms with E-state index in [1.807, 2.05) is 28.5 Å². The lowest BCUT2D eigenvalue weighted by Gasteiger charge is -2.34. The predicted octanol–water partition coefficient (Wildman–Crippen LogP) is 2.77. The van der Waals surface area contributed by atoms with E-state index in [0.29, 0.717) is 30.4 Å². The first-order chi connectivity index (χ1) is 11.5. The normalized spacial score (nSPS) is 17.0. The molecule has 0 aliphatic carbocycles. The zero-order valence-electron chi connectivity index (χ0n) is 14.2. The van der Waals surface area contributed by atoms with Crippen molar-refractivity contribution in [3.8, 4) is 17.5 Å². The number of carbonyl (C=O) groups excluding carboxylic acids is 1. The Bertz CT molecular complexity index is 785. The van der Waals surface area contributed by atoms with Gasteiger partial charge in [-0.1, -0.05) is 13.8 Å². The predicted molar refractivity (Wildman–Crippen MR) is 89.8 cm³/mol. The molecule has 0 saturated heterocycles. The molecule has 124 valence electrons. The zero-order valence-corrected chi connectivity index (χ0v) is 14.2. The Morgan fingerprint density at radius 3 is 2.58 bits per heavy atom. The molecule has 0 N–H and O–H groups in total. The highest BCUT2D eigenvalue weighted by molar-refractivity contribution is 5.82. The molecule has 1 aromatic carbocycles. The van der Waals surface area contributed by atoms with Crippen molar-refractivity contribution in [2.45, 2.75) is 39.8 Å². The molecule has 1 amide bonds. The largest absolute Gasteiger partial charge is 0.334 e. The summed E-state index contributed by atoms with van der Waals surface area (Å²) in [6.45, 7) is 7.38. The number of nitrogens with zero attached hydrogens (tertiary/aromatic N) is 5. The number of amides is 1. The van der Waals surface area contributed by atoms with Crippen LogP contribution in [0.5, 0.6) is 0 Å². The molecule has 6 nitrogen and oxygen atoms in total. The summed E-state index contributed by atoms with van der Waals surface area (Å²) in [4.78, 5) is 14.7. The zero-order chi connectivity index (χ0) is 17.3. The monoisotopic (exact) mass is 323 g/mol. The molecule has 0 bridgehead atoms. The van der Waals surface area contributed by atoms with E-state index in [9.17, 15) is 4.79 Å². The first-order valence-electron chi connectivity index (χ1n) is 8.28. The molecule has 0 radical (unpaired) electrons. The van der Waals surface area contributed by atoms with Crippen LogP contribution in [0.3, 0.4) is 0 Å². The first kappa shape index (κ1) is 16.2. The van der Waals surface area contributed by atoms with Gasteiger partial charge in [0.15, 0.2) is 11.6 Å². The number of hydrogen-bond acceptors (Lipinski definition) is 4. The summed E-state index contributed by atoms with van der Waals surface area (Å²) in [7, 11) is 0. The van der Waals surface area contributed by atoms with Crippen LogP contribution in [0.25, 0.3) is 11.4 Å². The van der Waals surface area contributed by atoms with Gasteiger partial charge in [0.25, 0.3) is 0 Å². The van der Waals surface area contributed by atoms with Gasteiger partial charge in [-0.15, -0.1) is 10.2 Å². The number of fused-ring (bicyclic) bond motifs is 1. The maximum atomic E-state index is 12.8. The minimum Gasteiger partial charge on any atom is -0.334 e. The molecule has 1 aliphatic rings. The summed E-state index contributed by atoms with van der Waals surface area (Å²) < 4.78 is 1.98. The van der Waals surface area contributed by atoms with Crippen molar-refractivity contribution in [1.82, 2.24) is 19.7 Å². The number of carbonyl (C=O) groups is 1. The van der Waals surface area contributed by atoms with E-state index >= 15 is 0 Å². The number of rotatable bonds is 4. The lowest BCUT2D eigenvalue weighted by Crippen LogP contribution is -2.43. The maximum absolute atomic E-state index is 12.8. The van der Waals surface area contributed by atoms with E-state index in [-0.39, 0.29) is 11.9 Å². The summed E-state index contributed by atoms with van der Waals surface area (Å²) in [5, 5.41) is 17.6. The molecule has 1 atom stereocenters. The molecule has 24 heavy (non-hydrogen) atoms. The molecule has 0 spiro atoms. The van der Waals surface area contributed by atoms with Gasteiger partial charge >= 0.3 is 0 Å². The average Bonchev–Trinajstić information content (AvgIpc) is 3.00. The first-order valence-corrected chi connectivity index (χ1v) is 8.28. The fourth-order valence-electron chi connectivity index (χ4n) is 3.14. The Balaban J connectivity index is 2.07. The molecule has 1 aromatic heterocycles. The minimum atomic E-state index is -0.269. The molecular formula is C18H21N5O. The van der Waals surface area contributed by atoms with Crippen LogP contribution in [-0.2, 0) is 11.3 Å². The van der Waals surface area contributed by atoms with Crippen LogP contribution in [0.15, 0.2) is 24.3 Å². The summed E-state index contributed by atoms with van der Waals surface area (Å²) in [5.74, 6) is 2.04. The fraction of sp³-hybridized carbons (Fsp3) is 0.444. The van der Waals surface area contributed by atoms with Crippen molar-refractivity contribution in [2.24, 2.45) is 5.92 Å². The Morgan fingerprint density at radius 2 is 2.00 bits per heavy atom. The molecular weight excluding hydrogens is 302 g/mol. The average molecular weight is 323 g/mol. The minimum absolute atomic E-state index is 0.133. The molecule has 6 heteroatoms. The summed E-state index contributed by atoms with van der Waals surface area (Å²) in [5.41, 5.74) is 1.48. The van der Waals surface area contributed by atoms with Crippen LogP contribution in [0.1, 0.15) is 44.6 Å². The van der Waals surface area contributed by atoms with Gasteiger partial charge < -0.3 is 4.90 Å². The van der Waals surface area contributed by atoms with E-state index in [1.54, 1.807) is 12.1 Å². The number of hydrogen-bond donors (Lipinski definition) is 0. The number of benzene rings is 1. The third-order valence-electron chi connectivity index (χ3n) is 4.36. The van der Waals surface area contributed by atoms with Crippen molar-refractivity contribution in [3.05, 3.63) is 35.7 Å². The van der Waals surface area contributed by atoms with E-state index in [2.05, 4.69) is 30.1 Å². The second kappa shape index (κ2) is 6.44. The molecule has 0 unspecified atom stereocenters. The standard InChI is InChI=1S/C18H21N5O/c1-4-22-11-16-20-21-17(14-7-5-13(10-19)6-8-14)23(16)15(18(22)24)9-12(2)3/h5-8,12,15H,4,9,11H2,1-3H3/t15-/m0/s1. The van der Waals surface area contributed by atoms with Crippen molar-refractivity contribution in [3.63, 3.8) is 0 Å². The van der Waals surface area contributed by atoms with Gasteiger partial charge in [0.05, 0.1) is 18.2 Å². The number of likely N-dealkylation sites (N-methyl/N-ethyl adjacent to an activating group) is 1. The van der Waals surface area contributed by atoms with E-state index in [0.717, 1.165) is 17.8 Å². The van der Waals surface area contributed by atoms with Crippen molar-refractivity contribution in [1.29, 1.82) is 5.26 Å². The summed E-state index contributed by atoms with van der Waals surface area (Å²) >= 11 is 0. The summed E-state index contributed by atoms with van der Waals surface area (Å²) in [6.07, 6.45) is 0.754. The highest BCUT2D eigenvalue weighted by Crippen LogP contribution is 2.32. The Labute approximate surface area is 141 Å². The summed E-state index contributed by atoms with van der Waals surface area (Å²) in [6, 6.07) is 9.09. The lowest BCUT2D eigenvalue weighted by molar-refractivity contribution is -0.137. The van der Waals surface area contributed by atoms with Gasteiger partial charge in [0.2, 0.25) is 5.91 Å². The van der Waals surface area contributed by atoms with Crippen LogP contribution < -0.4 is 0 Å². The van der Waals surface area contributed by atoms with Gasteiger partial charge in [-0.25, -0.2) is 0 Å². The molecule has 2 aromatic rings. The highest BCUT2D eigenvalue weighted by atomic mass is 16.2. The quantitative estimate of drug-likeness (QED) is 0.867. The fourth-order valence-corrected chi connectivity index (χ4v) is 3.14. The van der Waals surface area contributed by atoms with E-state index in [1.165, 1.54) is 0 Å². The van der Waals surface area contributed by atoms with Gasteiger partial charge in [0, 0.05) is 12.1 Å². The van der Waals surface area contributed by atoms with Gasteiger partial charge in [-0.3, -0.25) is 9.36 Å². The van der Waals surface area contributed by atoms with Crippen molar-refractivity contribution in [2.75, 3.05) is 6.54 Å². The lowest BCUT2D eigenvalue weighted by atomic mass is 10.00. The number of nitriles is 1. The van der Waals surface area contributed by atoms with E-state index < -0.39 is 0 Å². The van der Waals surface area contributed by atoms with Crippen molar-refractivity contribution >= 4 is 5.91 Å². The van der Waals surface area contributed by atoms with Crippen molar-refractivity contribution < 1.29 is 4.79 Å². The van der Waals surface area contributed by atoms with Gasteiger partial charge in [-0.2, -0.15) is 5.26 Å². The van der Waals surface area contributed by atoms with Crippen LogP contribution >= 0.6 is 0 Å². The van der Waals surface area contributed by atoms with E-state index in [4.69, 9.17) is 5.26 Å². The second-order valence-corrected chi connectivity index (χ2v) is 6.50. The van der Waals surface area contributed by atoms with Crippen LogP contribution in [-0.4, -0.2) is 32.1 Å².